The van der Waals surface area contributed by atoms with E-state index in [4.69, 9.17) is 5.84 Å². The zero-order valence-corrected chi connectivity index (χ0v) is 14.4. The number of hydrazine groups is 1. The van der Waals surface area contributed by atoms with Gasteiger partial charge in [0.05, 0.1) is 11.7 Å². The van der Waals surface area contributed by atoms with Crippen LogP contribution in [0.4, 0.5) is 0 Å². The number of nitrogens with two attached hydrogens (primary N) is 1. The number of halogens is 1. The second kappa shape index (κ2) is 7.20. The van der Waals surface area contributed by atoms with Crippen LogP contribution in [0.1, 0.15) is 42.4 Å². The van der Waals surface area contributed by atoms with Crippen LogP contribution < -0.4 is 11.3 Å². The van der Waals surface area contributed by atoms with Gasteiger partial charge in [-0.3, -0.25) is 16.0 Å². The largest absolute Gasteiger partial charge is 0.271 e. The van der Waals surface area contributed by atoms with Crippen LogP contribution in [0.3, 0.4) is 0 Å². The zero-order chi connectivity index (χ0) is 15.4. The fourth-order valence-electron chi connectivity index (χ4n) is 2.53. The lowest BCUT2D eigenvalue weighted by Gasteiger charge is -2.19. The van der Waals surface area contributed by atoms with Gasteiger partial charge < -0.3 is 0 Å². The molecule has 0 radical (unpaired) electrons. The Bertz CT molecular complexity index is 606. The van der Waals surface area contributed by atoms with Gasteiger partial charge in [0.15, 0.2) is 0 Å². The average molecular weight is 351 g/mol. The number of aryl methyl sites for hydroxylation is 3. The first-order valence-corrected chi connectivity index (χ1v) is 8.16. The highest BCUT2D eigenvalue weighted by Gasteiger charge is 2.17. The molecule has 2 rings (SSSR count). The summed E-state index contributed by atoms with van der Waals surface area (Å²) >= 11 is 3.67. The van der Waals surface area contributed by atoms with Crippen molar-refractivity contribution < 1.29 is 0 Å². The quantitative estimate of drug-likeness (QED) is 0.620. The summed E-state index contributed by atoms with van der Waals surface area (Å²) in [6.07, 6.45) is 1.77. The minimum atomic E-state index is 0.0611. The van der Waals surface area contributed by atoms with E-state index < -0.39 is 0 Å². The molecule has 0 fully saturated rings. The van der Waals surface area contributed by atoms with E-state index in [0.29, 0.717) is 0 Å². The van der Waals surface area contributed by atoms with Crippen molar-refractivity contribution in [2.45, 2.75) is 46.2 Å². The maximum absolute atomic E-state index is 5.80. The second-order valence-electron chi connectivity index (χ2n) is 5.20. The molecule has 1 unspecified atom stereocenters. The van der Waals surface area contributed by atoms with Crippen LogP contribution in [-0.4, -0.2) is 9.78 Å². The van der Waals surface area contributed by atoms with Gasteiger partial charge in [0.2, 0.25) is 0 Å². The molecule has 1 atom stereocenters. The lowest BCUT2D eigenvalue weighted by molar-refractivity contribution is 0.515. The fourth-order valence-corrected chi connectivity index (χ4v) is 3.07. The molecular formula is C16H23BrN4. The molecule has 0 spiro atoms. The smallest absolute Gasteiger partial charge is 0.0624 e. The molecule has 114 valence electrons. The number of rotatable bonds is 6. The van der Waals surface area contributed by atoms with Crippen LogP contribution in [0.25, 0.3) is 0 Å². The van der Waals surface area contributed by atoms with Crippen molar-refractivity contribution in [3.63, 3.8) is 0 Å². The first-order valence-electron chi connectivity index (χ1n) is 7.37. The highest BCUT2D eigenvalue weighted by atomic mass is 79.9. The van der Waals surface area contributed by atoms with Crippen molar-refractivity contribution in [3.05, 3.63) is 51.3 Å². The van der Waals surface area contributed by atoms with Gasteiger partial charge in [-0.1, -0.05) is 41.1 Å². The van der Waals surface area contributed by atoms with Gasteiger partial charge >= 0.3 is 0 Å². The Hall–Kier alpha value is -1.17. The van der Waals surface area contributed by atoms with Crippen molar-refractivity contribution in [2.24, 2.45) is 5.84 Å². The number of hydrogen-bond donors (Lipinski definition) is 2. The Labute approximate surface area is 134 Å². The highest BCUT2D eigenvalue weighted by molar-refractivity contribution is 9.10. The number of benzene rings is 1. The number of aromatic nitrogens is 2. The molecule has 5 heteroatoms. The summed E-state index contributed by atoms with van der Waals surface area (Å²) in [5.41, 5.74) is 7.68. The van der Waals surface area contributed by atoms with Gasteiger partial charge in [-0.25, -0.2) is 0 Å². The normalized spacial score (nSPS) is 12.6. The molecule has 1 aromatic heterocycles. The summed E-state index contributed by atoms with van der Waals surface area (Å²) in [5.74, 6) is 5.80. The summed E-state index contributed by atoms with van der Waals surface area (Å²) in [7, 11) is 0. The molecule has 0 aliphatic rings. The van der Waals surface area contributed by atoms with E-state index in [-0.39, 0.29) is 6.04 Å². The zero-order valence-electron chi connectivity index (χ0n) is 12.9. The van der Waals surface area contributed by atoms with Gasteiger partial charge in [-0.05, 0) is 37.5 Å². The number of hydrogen-bond acceptors (Lipinski definition) is 3. The summed E-state index contributed by atoms with van der Waals surface area (Å²) < 4.78 is 3.18. The summed E-state index contributed by atoms with van der Waals surface area (Å²) in [4.78, 5) is 0. The summed E-state index contributed by atoms with van der Waals surface area (Å²) in [5, 5.41) is 4.60. The molecular weight excluding hydrogens is 328 g/mol. The van der Waals surface area contributed by atoms with E-state index in [9.17, 15) is 0 Å². The molecule has 21 heavy (non-hydrogen) atoms. The maximum Gasteiger partial charge on any atom is 0.0624 e. The molecule has 0 aliphatic carbocycles. The minimum Gasteiger partial charge on any atom is -0.271 e. The predicted octanol–water partition coefficient (Wildman–Crippen LogP) is 3.28. The van der Waals surface area contributed by atoms with Gasteiger partial charge in [0.1, 0.15) is 0 Å². The Morgan fingerprint density at radius 3 is 2.76 bits per heavy atom. The van der Waals surface area contributed by atoms with Crippen molar-refractivity contribution in [1.29, 1.82) is 0 Å². The standard InChI is InChI=1S/C16H23BrN4/c1-4-12-9-13(21(5-2)20-12)10-15(19-18)14-8-6-7-11(3)16(14)17/h6-9,15,19H,4-5,10,18H2,1-3H3. The molecule has 0 saturated carbocycles. The third kappa shape index (κ3) is 3.54. The topological polar surface area (TPSA) is 55.9 Å². The van der Waals surface area contributed by atoms with E-state index in [0.717, 1.165) is 29.6 Å². The maximum atomic E-state index is 5.80. The third-order valence-corrected chi connectivity index (χ3v) is 4.87. The van der Waals surface area contributed by atoms with Crippen LogP contribution in [0, 0.1) is 6.92 Å². The van der Waals surface area contributed by atoms with Gasteiger partial charge in [-0.15, -0.1) is 0 Å². The van der Waals surface area contributed by atoms with Crippen molar-refractivity contribution in [2.75, 3.05) is 0 Å². The average Bonchev–Trinajstić information content (AvgIpc) is 2.90. The van der Waals surface area contributed by atoms with E-state index in [2.05, 4.69) is 76.2 Å². The number of nitrogens with zero attached hydrogens (tertiary/aromatic N) is 2. The second-order valence-corrected chi connectivity index (χ2v) is 5.99. The SMILES string of the molecule is CCc1cc(CC(NN)c2cccc(C)c2Br)n(CC)n1. The van der Waals surface area contributed by atoms with E-state index in [1.807, 2.05) is 0 Å². The molecule has 0 bridgehead atoms. The van der Waals surface area contributed by atoms with Gasteiger partial charge in [0.25, 0.3) is 0 Å². The van der Waals surface area contributed by atoms with Crippen molar-refractivity contribution in [1.82, 2.24) is 15.2 Å². The molecule has 0 saturated heterocycles. The predicted molar refractivity (Wildman–Crippen MR) is 89.9 cm³/mol. The Kier molecular flexibility index (Phi) is 5.56. The molecule has 4 nitrogen and oxygen atoms in total. The van der Waals surface area contributed by atoms with E-state index in [1.54, 1.807) is 0 Å². The highest BCUT2D eigenvalue weighted by Crippen LogP contribution is 2.28. The third-order valence-electron chi connectivity index (χ3n) is 3.79. The van der Waals surface area contributed by atoms with Crippen LogP contribution in [0.15, 0.2) is 28.7 Å². The molecule has 0 aliphatic heterocycles. The van der Waals surface area contributed by atoms with E-state index in [1.165, 1.54) is 16.8 Å². The van der Waals surface area contributed by atoms with Crippen LogP contribution in [0.2, 0.25) is 0 Å². The Morgan fingerprint density at radius 2 is 2.14 bits per heavy atom. The summed E-state index contributed by atoms with van der Waals surface area (Å²) in [6, 6.07) is 8.50. The first-order chi connectivity index (χ1) is 10.1. The number of nitrogens with one attached hydrogen (secondary N) is 1. The summed E-state index contributed by atoms with van der Waals surface area (Å²) in [6.45, 7) is 7.21. The molecule has 1 aromatic carbocycles. The molecule has 2 aromatic rings. The van der Waals surface area contributed by atoms with Crippen molar-refractivity contribution in [3.8, 4) is 0 Å². The Balaban J connectivity index is 2.31. The van der Waals surface area contributed by atoms with Crippen molar-refractivity contribution >= 4 is 15.9 Å². The van der Waals surface area contributed by atoms with Gasteiger partial charge in [0, 0.05) is 23.1 Å². The molecule has 0 amide bonds. The first kappa shape index (κ1) is 16.2. The fraction of sp³-hybridized carbons (Fsp3) is 0.438. The van der Waals surface area contributed by atoms with Crippen LogP contribution >= 0.6 is 15.9 Å². The molecule has 3 N–H and O–H groups in total. The monoisotopic (exact) mass is 350 g/mol. The Morgan fingerprint density at radius 1 is 1.38 bits per heavy atom. The minimum absolute atomic E-state index is 0.0611. The van der Waals surface area contributed by atoms with Crippen LogP contribution in [0.5, 0.6) is 0 Å². The van der Waals surface area contributed by atoms with E-state index >= 15 is 0 Å². The lowest BCUT2D eigenvalue weighted by atomic mass is 10.0. The van der Waals surface area contributed by atoms with Gasteiger partial charge in [-0.2, -0.15) is 5.10 Å². The lowest BCUT2D eigenvalue weighted by Crippen LogP contribution is -2.30. The van der Waals surface area contributed by atoms with Crippen LogP contribution in [-0.2, 0) is 19.4 Å². The molecule has 1 heterocycles.